The maximum atomic E-state index is 2.39. The molecule has 23 aromatic rings. The van der Waals surface area contributed by atoms with E-state index in [1.165, 1.54) is 166 Å². The molecular weight excluding hydrogens is 1590 g/mol. The zero-order chi connectivity index (χ0) is 87.9. The van der Waals surface area contributed by atoms with Crippen LogP contribution in [-0.2, 0) is 0 Å². The molecule has 0 fully saturated rings. The van der Waals surface area contributed by atoms with E-state index < -0.39 is 0 Å². The third kappa shape index (κ3) is 16.5. The Morgan fingerprint density at radius 3 is 0.758 bits per heavy atom. The molecular formula is C128H90N4. The molecule has 622 valence electrons. The highest BCUT2D eigenvalue weighted by molar-refractivity contribution is 6.11. The summed E-state index contributed by atoms with van der Waals surface area (Å²) in [5, 5.41) is 3.69. The molecule has 21 aromatic carbocycles. The van der Waals surface area contributed by atoms with Crippen molar-refractivity contribution in [3.8, 4) is 145 Å². The molecule has 4 nitrogen and oxygen atoms in total. The predicted octanol–water partition coefficient (Wildman–Crippen LogP) is 35.4. The zero-order valence-corrected chi connectivity index (χ0v) is 72.8. The third-order valence-electron chi connectivity index (χ3n) is 25.6. The van der Waals surface area contributed by atoms with Crippen molar-refractivity contribution in [2.75, 3.05) is 9.80 Å². The molecule has 0 unspecified atom stereocenters. The Bertz CT molecular complexity index is 7650. The topological polar surface area (TPSA) is 16.3 Å². The van der Waals surface area contributed by atoms with Gasteiger partial charge in [0.15, 0.2) is 0 Å². The highest BCUT2D eigenvalue weighted by atomic mass is 15.1. The second-order valence-electron chi connectivity index (χ2n) is 33.5. The van der Waals surface area contributed by atoms with Gasteiger partial charge in [-0.15, -0.1) is 0 Å². The van der Waals surface area contributed by atoms with Crippen molar-refractivity contribution in [3.05, 3.63) is 546 Å². The van der Waals surface area contributed by atoms with Crippen molar-refractivity contribution < 1.29 is 0 Å². The summed E-state index contributed by atoms with van der Waals surface area (Å²) in [4.78, 5) is 4.77. The van der Waals surface area contributed by atoms with E-state index in [9.17, 15) is 0 Å². The van der Waals surface area contributed by atoms with E-state index in [1.54, 1.807) is 0 Å². The van der Waals surface area contributed by atoms with Crippen molar-refractivity contribution >= 4 is 66.8 Å². The Balaban J connectivity index is 0.000000155. The van der Waals surface area contributed by atoms with Crippen LogP contribution < -0.4 is 9.80 Å². The van der Waals surface area contributed by atoms with Crippen LogP contribution >= 0.6 is 0 Å². The van der Waals surface area contributed by atoms with Gasteiger partial charge in [-0.2, -0.15) is 0 Å². The fourth-order valence-electron chi connectivity index (χ4n) is 18.8. The largest absolute Gasteiger partial charge is 0.317 e. The van der Waals surface area contributed by atoms with Gasteiger partial charge in [0.25, 0.3) is 0 Å². The van der Waals surface area contributed by atoms with E-state index in [-0.39, 0.29) is 0 Å². The van der Waals surface area contributed by atoms with Gasteiger partial charge in [-0.3, -0.25) is 0 Å². The number of benzene rings is 21. The monoisotopic (exact) mass is 1680 g/mol. The minimum Gasteiger partial charge on any atom is -0.317 e. The maximum Gasteiger partial charge on any atom is 0.0541 e. The summed E-state index contributed by atoms with van der Waals surface area (Å²) >= 11 is 0. The molecule has 0 saturated carbocycles. The summed E-state index contributed by atoms with van der Waals surface area (Å²) < 4.78 is 4.66. The Morgan fingerprint density at radius 1 is 0.129 bits per heavy atom. The lowest BCUT2D eigenvalue weighted by Gasteiger charge is -2.27. The van der Waals surface area contributed by atoms with E-state index in [4.69, 9.17) is 0 Å². The van der Waals surface area contributed by atoms with Crippen molar-refractivity contribution in [1.82, 2.24) is 9.13 Å². The van der Waals surface area contributed by atoms with Crippen LogP contribution in [0.25, 0.3) is 178 Å². The lowest BCUT2D eigenvalue weighted by Crippen LogP contribution is -2.10. The highest BCUT2D eigenvalue weighted by Gasteiger charge is 2.23. The van der Waals surface area contributed by atoms with E-state index in [1.807, 2.05) is 0 Å². The van der Waals surface area contributed by atoms with Gasteiger partial charge >= 0.3 is 0 Å². The van der Waals surface area contributed by atoms with Crippen molar-refractivity contribution in [2.24, 2.45) is 0 Å². The standard InChI is InChI=1S/C66H46N2.C62H44N2/c1-5-15-47(16-6-1)49-25-29-51(30-26-49)53-33-38-58(39-34-53)67(59-40-35-54(36-41-59)52-31-27-50(28-32-52)48-17-7-2-8-18-48)60-42-43-61(63(46-60)55-19-9-3-10-20-55)56-37-44-66-64(45-56)62-23-13-14-24-65(62)68(66)57-21-11-4-12-22-57;1-5-14-45(15-6-1)47-24-28-49(29-25-47)51-32-36-55(37-33-51)64(56-38-34-52(35-39-56)50-30-26-48(27-31-50)46-16-7-2-8-17-46)57-40-41-59(61(44-57)53-18-9-3-10-19-53)58-22-13-23-62-60(58)42-43-63(62)54-20-11-4-12-21-54/h1-46H;1-44H. The average molecular weight is 1680 g/mol. The summed E-state index contributed by atoms with van der Waals surface area (Å²) in [5.41, 5.74) is 41.0. The third-order valence-corrected chi connectivity index (χ3v) is 25.6. The van der Waals surface area contributed by atoms with Gasteiger partial charge in [0.2, 0.25) is 0 Å². The van der Waals surface area contributed by atoms with E-state index >= 15 is 0 Å². The van der Waals surface area contributed by atoms with Gasteiger partial charge in [-0.05, 0) is 261 Å². The first kappa shape index (κ1) is 80.4. The first-order chi connectivity index (χ1) is 65.4. The van der Waals surface area contributed by atoms with Gasteiger partial charge in [0.05, 0.1) is 16.6 Å². The molecule has 0 aliphatic carbocycles. The van der Waals surface area contributed by atoms with Crippen LogP contribution in [0, 0.1) is 0 Å². The SMILES string of the molecule is c1ccc(-c2ccc(-c3ccc(N(c4ccc(-c5ccc(-c6ccccc6)cc5)cc4)c4ccc(-c5ccc6c(c5)c5ccccc5n6-c5ccccc5)c(-c5ccccc5)c4)cc3)cc2)cc1.c1ccc(-c2ccc(-c3ccc(N(c4ccc(-c5ccc(-c6ccccc6)cc5)cc4)c4ccc(-c5cccc6c5ccn6-c5ccccc5)c(-c5ccccc5)c4)cc3)cc2)cc1. The molecule has 0 aliphatic rings. The van der Waals surface area contributed by atoms with E-state index in [0.717, 1.165) is 45.5 Å². The Hall–Kier alpha value is -17.4. The van der Waals surface area contributed by atoms with Crippen LogP contribution in [-0.4, -0.2) is 9.13 Å². The Labute approximate surface area is 771 Å². The molecule has 4 heteroatoms. The Kier molecular flexibility index (Phi) is 22.2. The summed E-state index contributed by atoms with van der Waals surface area (Å²) in [6.07, 6.45) is 2.18. The highest BCUT2D eigenvalue weighted by Crippen LogP contribution is 2.48. The lowest BCUT2D eigenvalue weighted by molar-refractivity contribution is 1.13. The van der Waals surface area contributed by atoms with E-state index in [2.05, 4.69) is 565 Å². The molecule has 0 aliphatic heterocycles. The van der Waals surface area contributed by atoms with Crippen LogP contribution in [0.4, 0.5) is 34.1 Å². The molecule has 0 spiro atoms. The van der Waals surface area contributed by atoms with Crippen molar-refractivity contribution in [3.63, 3.8) is 0 Å². The number of para-hydroxylation sites is 3. The van der Waals surface area contributed by atoms with E-state index in [0.29, 0.717) is 0 Å². The first-order valence-electron chi connectivity index (χ1n) is 45.2. The lowest BCUT2D eigenvalue weighted by atomic mass is 9.92. The van der Waals surface area contributed by atoms with Crippen molar-refractivity contribution in [1.29, 1.82) is 0 Å². The second kappa shape index (κ2) is 36.5. The summed E-state index contributed by atoms with van der Waals surface area (Å²) in [7, 11) is 0. The minimum absolute atomic E-state index is 1.08. The smallest absolute Gasteiger partial charge is 0.0541 e. The van der Waals surface area contributed by atoms with Gasteiger partial charge in [-0.1, -0.05) is 413 Å². The van der Waals surface area contributed by atoms with Crippen LogP contribution in [0.5, 0.6) is 0 Å². The van der Waals surface area contributed by atoms with Gasteiger partial charge in [0, 0.05) is 67.9 Å². The molecule has 0 radical (unpaired) electrons. The quantitative estimate of drug-likeness (QED) is 0.0756. The van der Waals surface area contributed by atoms with Gasteiger partial charge in [0.1, 0.15) is 0 Å². The minimum atomic E-state index is 1.08. The summed E-state index contributed by atoms with van der Waals surface area (Å²) in [5.74, 6) is 0. The summed E-state index contributed by atoms with van der Waals surface area (Å²) in [6, 6.07) is 195. The number of hydrogen-bond donors (Lipinski definition) is 0. The molecule has 0 atom stereocenters. The number of rotatable bonds is 20. The Morgan fingerprint density at radius 2 is 0.394 bits per heavy atom. The van der Waals surface area contributed by atoms with Gasteiger partial charge in [-0.25, -0.2) is 0 Å². The van der Waals surface area contributed by atoms with Crippen molar-refractivity contribution in [2.45, 2.75) is 0 Å². The number of nitrogens with zero attached hydrogens (tertiary/aromatic N) is 4. The van der Waals surface area contributed by atoms with Crippen LogP contribution in [0.1, 0.15) is 0 Å². The molecule has 0 amide bonds. The predicted molar refractivity (Wildman–Crippen MR) is 559 cm³/mol. The van der Waals surface area contributed by atoms with Crippen LogP contribution in [0.2, 0.25) is 0 Å². The summed E-state index contributed by atoms with van der Waals surface area (Å²) in [6.45, 7) is 0. The zero-order valence-electron chi connectivity index (χ0n) is 72.8. The second-order valence-corrected chi connectivity index (χ2v) is 33.5. The number of aromatic nitrogens is 2. The maximum absolute atomic E-state index is 2.39. The molecule has 132 heavy (non-hydrogen) atoms. The average Bonchev–Trinajstić information content (AvgIpc) is 1.59. The molecule has 2 heterocycles. The van der Waals surface area contributed by atoms with Crippen LogP contribution in [0.15, 0.2) is 546 Å². The normalized spacial score (nSPS) is 11.2. The molecule has 2 aromatic heterocycles. The number of anilines is 6. The fraction of sp³-hybridized carbons (Fsp3) is 0. The van der Waals surface area contributed by atoms with Gasteiger partial charge < -0.3 is 18.9 Å². The fourth-order valence-corrected chi connectivity index (χ4v) is 18.8. The molecule has 0 N–H and O–H groups in total. The molecule has 23 rings (SSSR count). The number of fused-ring (bicyclic) bond motifs is 4. The molecule has 0 saturated heterocycles. The van der Waals surface area contributed by atoms with Crippen LogP contribution in [0.3, 0.4) is 0 Å². The number of hydrogen-bond acceptors (Lipinski definition) is 2. The molecule has 0 bridgehead atoms. The first-order valence-corrected chi connectivity index (χ1v) is 45.2.